The van der Waals surface area contributed by atoms with Crippen LogP contribution >= 0.6 is 0 Å². The van der Waals surface area contributed by atoms with Gasteiger partial charge < -0.3 is 4.74 Å². The lowest BCUT2D eigenvalue weighted by molar-refractivity contribution is 0.220. The lowest BCUT2D eigenvalue weighted by Gasteiger charge is -2.10. The van der Waals surface area contributed by atoms with Gasteiger partial charge in [-0.05, 0) is 64.4 Å². The number of allylic oxidation sites excluding steroid dienone is 3. The first kappa shape index (κ1) is 22.3. The number of hydrogen-bond donors (Lipinski definition) is 0. The first-order valence-corrected chi connectivity index (χ1v) is 9.96. The summed E-state index contributed by atoms with van der Waals surface area (Å²) < 4.78 is 5.73. The molecule has 0 radical (unpaired) electrons. The van der Waals surface area contributed by atoms with Crippen LogP contribution in [0.1, 0.15) is 105 Å². The lowest BCUT2D eigenvalue weighted by atomic mass is 10.0. The highest BCUT2D eigenvalue weighted by Gasteiger charge is 2.01. The van der Waals surface area contributed by atoms with Gasteiger partial charge in [0.05, 0.1) is 12.9 Å². The van der Waals surface area contributed by atoms with Crippen molar-refractivity contribution in [2.24, 2.45) is 5.92 Å². The van der Waals surface area contributed by atoms with Crippen molar-refractivity contribution in [1.82, 2.24) is 0 Å². The Bertz CT molecular complexity index is 310. The van der Waals surface area contributed by atoms with Crippen LogP contribution in [0.25, 0.3) is 0 Å². The van der Waals surface area contributed by atoms with Crippen LogP contribution in [0.2, 0.25) is 0 Å². The van der Waals surface area contributed by atoms with Crippen molar-refractivity contribution in [1.29, 1.82) is 0 Å². The average molecular weight is 323 g/mol. The standard InChI is InChI=1S/C22H42O/c1-6-7-8-9-10-11-12-15-22(5)19-23-18-17-21(4)16-13-14-20(2)3/h14,19,21H,6-13,15-18H2,1-5H3. The summed E-state index contributed by atoms with van der Waals surface area (Å²) in [5.41, 5.74) is 2.83. The highest BCUT2D eigenvalue weighted by molar-refractivity contribution is 4.93. The fourth-order valence-corrected chi connectivity index (χ4v) is 2.69. The maximum atomic E-state index is 5.73. The molecule has 0 aromatic heterocycles. The van der Waals surface area contributed by atoms with Crippen LogP contribution in [-0.2, 0) is 4.74 Å². The minimum atomic E-state index is 0.752. The van der Waals surface area contributed by atoms with Crippen molar-refractivity contribution in [2.45, 2.75) is 105 Å². The molecule has 23 heavy (non-hydrogen) atoms. The number of ether oxygens (including phenoxy) is 1. The lowest BCUT2D eigenvalue weighted by Crippen LogP contribution is -1.99. The normalized spacial score (nSPS) is 13.0. The second-order valence-electron chi connectivity index (χ2n) is 7.46. The van der Waals surface area contributed by atoms with Gasteiger partial charge in [0.15, 0.2) is 0 Å². The molecular weight excluding hydrogens is 280 g/mol. The van der Waals surface area contributed by atoms with Gasteiger partial charge in [0.2, 0.25) is 0 Å². The zero-order chi connectivity index (χ0) is 17.3. The van der Waals surface area contributed by atoms with Gasteiger partial charge in [-0.2, -0.15) is 0 Å². The molecule has 136 valence electrons. The van der Waals surface area contributed by atoms with Gasteiger partial charge in [-0.1, -0.05) is 64.0 Å². The maximum absolute atomic E-state index is 5.73. The molecule has 0 amide bonds. The van der Waals surface area contributed by atoms with Crippen LogP contribution in [0.5, 0.6) is 0 Å². The number of rotatable bonds is 15. The predicted octanol–water partition coefficient (Wildman–Crippen LogP) is 7.82. The minimum Gasteiger partial charge on any atom is -0.501 e. The molecule has 0 spiro atoms. The Morgan fingerprint density at radius 1 is 0.913 bits per heavy atom. The Morgan fingerprint density at radius 2 is 1.57 bits per heavy atom. The van der Waals surface area contributed by atoms with Crippen molar-refractivity contribution in [2.75, 3.05) is 6.61 Å². The molecule has 0 aromatic carbocycles. The third-order valence-corrected chi connectivity index (χ3v) is 4.40. The summed E-state index contributed by atoms with van der Waals surface area (Å²) in [5, 5.41) is 0. The molecule has 1 nitrogen and oxygen atoms in total. The summed E-state index contributed by atoms with van der Waals surface area (Å²) in [5.74, 6) is 0.752. The summed E-state index contributed by atoms with van der Waals surface area (Å²) in [6.07, 6.45) is 18.8. The average Bonchev–Trinajstić information content (AvgIpc) is 2.50. The summed E-state index contributed by atoms with van der Waals surface area (Å²) in [4.78, 5) is 0. The molecule has 0 aliphatic carbocycles. The quantitative estimate of drug-likeness (QED) is 0.170. The Hall–Kier alpha value is -0.720. The van der Waals surface area contributed by atoms with E-state index in [0.29, 0.717) is 0 Å². The molecule has 0 heterocycles. The van der Waals surface area contributed by atoms with E-state index in [1.165, 1.54) is 75.4 Å². The van der Waals surface area contributed by atoms with E-state index in [9.17, 15) is 0 Å². The third-order valence-electron chi connectivity index (χ3n) is 4.40. The van der Waals surface area contributed by atoms with Crippen molar-refractivity contribution < 1.29 is 4.74 Å². The first-order chi connectivity index (χ1) is 11.1. The number of hydrogen-bond acceptors (Lipinski definition) is 1. The SMILES string of the molecule is CCCCCCCCCC(C)=COCCC(C)CCC=C(C)C. The van der Waals surface area contributed by atoms with Gasteiger partial charge in [0.1, 0.15) is 0 Å². The second-order valence-corrected chi connectivity index (χ2v) is 7.46. The molecule has 0 aliphatic heterocycles. The highest BCUT2D eigenvalue weighted by atomic mass is 16.5. The summed E-state index contributed by atoms with van der Waals surface area (Å²) in [6, 6.07) is 0. The van der Waals surface area contributed by atoms with E-state index in [0.717, 1.165) is 18.9 Å². The minimum absolute atomic E-state index is 0.752. The summed E-state index contributed by atoms with van der Waals surface area (Å²) in [6.45, 7) is 12.0. The van der Waals surface area contributed by atoms with Crippen molar-refractivity contribution in [3.8, 4) is 0 Å². The molecule has 1 atom stereocenters. The second kappa shape index (κ2) is 16.1. The van der Waals surface area contributed by atoms with Crippen LogP contribution in [0.4, 0.5) is 0 Å². The highest BCUT2D eigenvalue weighted by Crippen LogP contribution is 2.14. The van der Waals surface area contributed by atoms with E-state index in [1.54, 1.807) is 0 Å². The summed E-state index contributed by atoms with van der Waals surface area (Å²) in [7, 11) is 0. The zero-order valence-corrected chi connectivity index (χ0v) is 16.6. The fraction of sp³-hybridized carbons (Fsp3) is 0.818. The van der Waals surface area contributed by atoms with Crippen molar-refractivity contribution in [3.63, 3.8) is 0 Å². The molecule has 0 aliphatic rings. The van der Waals surface area contributed by atoms with Crippen LogP contribution in [0, 0.1) is 5.92 Å². The van der Waals surface area contributed by atoms with Crippen molar-refractivity contribution in [3.05, 3.63) is 23.5 Å². The third kappa shape index (κ3) is 17.5. The predicted molar refractivity (Wildman–Crippen MR) is 105 cm³/mol. The van der Waals surface area contributed by atoms with Gasteiger partial charge >= 0.3 is 0 Å². The molecule has 1 unspecified atom stereocenters. The smallest absolute Gasteiger partial charge is 0.0875 e. The van der Waals surface area contributed by atoms with Gasteiger partial charge in [0, 0.05) is 0 Å². The van der Waals surface area contributed by atoms with E-state index in [2.05, 4.69) is 40.7 Å². The molecule has 0 rings (SSSR count). The Balaban J connectivity index is 3.50. The Morgan fingerprint density at radius 3 is 2.22 bits per heavy atom. The van der Waals surface area contributed by atoms with Gasteiger partial charge in [-0.15, -0.1) is 0 Å². The molecule has 1 heteroatoms. The largest absolute Gasteiger partial charge is 0.501 e. The van der Waals surface area contributed by atoms with E-state index < -0.39 is 0 Å². The van der Waals surface area contributed by atoms with Crippen molar-refractivity contribution >= 4 is 0 Å². The number of unbranched alkanes of at least 4 members (excludes halogenated alkanes) is 6. The monoisotopic (exact) mass is 322 g/mol. The molecule has 0 aromatic rings. The van der Waals surface area contributed by atoms with Gasteiger partial charge in [0.25, 0.3) is 0 Å². The van der Waals surface area contributed by atoms with E-state index >= 15 is 0 Å². The van der Waals surface area contributed by atoms with E-state index in [-0.39, 0.29) is 0 Å². The first-order valence-electron chi connectivity index (χ1n) is 9.96. The molecule has 0 N–H and O–H groups in total. The molecule has 0 bridgehead atoms. The van der Waals surface area contributed by atoms with E-state index in [1.807, 2.05) is 6.26 Å². The zero-order valence-electron chi connectivity index (χ0n) is 16.6. The van der Waals surface area contributed by atoms with Crippen LogP contribution in [0.3, 0.4) is 0 Å². The van der Waals surface area contributed by atoms with Gasteiger partial charge in [-0.3, -0.25) is 0 Å². The summed E-state index contributed by atoms with van der Waals surface area (Å²) >= 11 is 0. The molecule has 0 fully saturated rings. The maximum Gasteiger partial charge on any atom is 0.0875 e. The van der Waals surface area contributed by atoms with E-state index in [4.69, 9.17) is 4.74 Å². The van der Waals surface area contributed by atoms with Crippen LogP contribution < -0.4 is 0 Å². The molecule has 0 saturated carbocycles. The topological polar surface area (TPSA) is 9.23 Å². The molecule has 0 saturated heterocycles. The molecular formula is C22H42O. The fourth-order valence-electron chi connectivity index (χ4n) is 2.69. The van der Waals surface area contributed by atoms with Gasteiger partial charge in [-0.25, -0.2) is 0 Å². The van der Waals surface area contributed by atoms with Crippen LogP contribution in [0.15, 0.2) is 23.5 Å². The Kier molecular flexibility index (Phi) is 15.6. The Labute approximate surface area is 146 Å². The van der Waals surface area contributed by atoms with Crippen LogP contribution in [-0.4, -0.2) is 6.61 Å².